The summed E-state index contributed by atoms with van der Waals surface area (Å²) < 4.78 is 11.2. The SMILES string of the molecule is CN=C(NCc1cc(OC)ccc1O)NCc1ccc(C)cc1OCC1CC1. The molecule has 0 aromatic heterocycles. The number of phenolic OH excluding ortho intramolecular Hbond substituents is 1. The van der Waals surface area contributed by atoms with E-state index in [0.29, 0.717) is 30.7 Å². The van der Waals surface area contributed by atoms with E-state index in [1.54, 1.807) is 32.4 Å². The molecule has 3 N–H and O–H groups in total. The van der Waals surface area contributed by atoms with Crippen molar-refractivity contribution in [1.29, 1.82) is 0 Å². The molecule has 0 bridgehead atoms. The Kier molecular flexibility index (Phi) is 6.63. The van der Waals surface area contributed by atoms with Gasteiger partial charge in [-0.2, -0.15) is 0 Å². The van der Waals surface area contributed by atoms with Gasteiger partial charge in [-0.25, -0.2) is 0 Å². The Hall–Kier alpha value is -2.89. The quantitative estimate of drug-likeness (QED) is 0.481. The van der Waals surface area contributed by atoms with E-state index in [2.05, 4.69) is 40.7 Å². The maximum Gasteiger partial charge on any atom is 0.191 e. The summed E-state index contributed by atoms with van der Waals surface area (Å²) in [6.45, 7) is 3.90. The lowest BCUT2D eigenvalue weighted by atomic mass is 10.1. The lowest BCUT2D eigenvalue weighted by molar-refractivity contribution is 0.296. The molecule has 0 atom stereocenters. The molecule has 1 aliphatic rings. The Morgan fingerprint density at radius 2 is 1.86 bits per heavy atom. The van der Waals surface area contributed by atoms with Gasteiger partial charge in [0.15, 0.2) is 5.96 Å². The second-order valence-electron chi connectivity index (χ2n) is 7.14. The number of methoxy groups -OCH3 is 1. The summed E-state index contributed by atoms with van der Waals surface area (Å²) in [4.78, 5) is 4.26. The molecule has 0 unspecified atom stereocenters. The second-order valence-corrected chi connectivity index (χ2v) is 7.14. The van der Waals surface area contributed by atoms with Crippen molar-refractivity contribution in [2.75, 3.05) is 20.8 Å². The van der Waals surface area contributed by atoms with Crippen LogP contribution >= 0.6 is 0 Å². The fourth-order valence-corrected chi connectivity index (χ4v) is 2.84. The van der Waals surface area contributed by atoms with Gasteiger partial charge in [0.2, 0.25) is 0 Å². The second kappa shape index (κ2) is 9.35. The molecule has 150 valence electrons. The minimum Gasteiger partial charge on any atom is -0.508 e. The molecule has 0 radical (unpaired) electrons. The van der Waals surface area contributed by atoms with E-state index >= 15 is 0 Å². The van der Waals surface area contributed by atoms with Gasteiger partial charge in [0.1, 0.15) is 17.2 Å². The predicted octanol–water partition coefficient (Wildman–Crippen LogP) is 3.36. The van der Waals surface area contributed by atoms with E-state index in [1.165, 1.54) is 18.4 Å². The van der Waals surface area contributed by atoms with E-state index < -0.39 is 0 Å². The largest absolute Gasteiger partial charge is 0.508 e. The van der Waals surface area contributed by atoms with Crippen molar-refractivity contribution in [1.82, 2.24) is 10.6 Å². The number of guanidine groups is 1. The Bertz CT molecular complexity index is 832. The number of phenols is 1. The first kappa shape index (κ1) is 19.9. The van der Waals surface area contributed by atoms with Gasteiger partial charge in [-0.15, -0.1) is 0 Å². The van der Waals surface area contributed by atoms with Crippen molar-refractivity contribution in [3.8, 4) is 17.2 Å². The molecule has 2 aromatic rings. The number of aryl methyl sites for hydroxylation is 1. The van der Waals surface area contributed by atoms with Crippen molar-refractivity contribution in [3.05, 3.63) is 53.1 Å². The topological polar surface area (TPSA) is 75.1 Å². The number of hydrogen-bond acceptors (Lipinski definition) is 4. The molecule has 1 aliphatic carbocycles. The summed E-state index contributed by atoms with van der Waals surface area (Å²) >= 11 is 0. The number of nitrogens with one attached hydrogen (secondary N) is 2. The van der Waals surface area contributed by atoms with Crippen LogP contribution in [0, 0.1) is 12.8 Å². The van der Waals surface area contributed by atoms with Gasteiger partial charge in [-0.3, -0.25) is 4.99 Å². The Balaban J connectivity index is 1.58. The van der Waals surface area contributed by atoms with Crippen LogP contribution in [0.2, 0.25) is 0 Å². The van der Waals surface area contributed by atoms with Crippen LogP contribution in [0.15, 0.2) is 41.4 Å². The fourth-order valence-electron chi connectivity index (χ4n) is 2.84. The molecule has 28 heavy (non-hydrogen) atoms. The third kappa shape index (κ3) is 5.55. The Morgan fingerprint density at radius 1 is 1.11 bits per heavy atom. The van der Waals surface area contributed by atoms with Crippen molar-refractivity contribution >= 4 is 5.96 Å². The number of aromatic hydroxyl groups is 1. The average molecular weight is 383 g/mol. The third-order valence-electron chi connectivity index (χ3n) is 4.80. The van der Waals surface area contributed by atoms with E-state index in [9.17, 15) is 5.11 Å². The minimum absolute atomic E-state index is 0.220. The van der Waals surface area contributed by atoms with Crippen LogP contribution in [0.25, 0.3) is 0 Å². The summed E-state index contributed by atoms with van der Waals surface area (Å²) in [7, 11) is 3.33. The van der Waals surface area contributed by atoms with Crippen molar-refractivity contribution in [3.63, 3.8) is 0 Å². The molecule has 1 fully saturated rings. The van der Waals surface area contributed by atoms with Crippen LogP contribution in [0.3, 0.4) is 0 Å². The van der Waals surface area contributed by atoms with Gasteiger partial charge >= 0.3 is 0 Å². The standard InChI is InChI=1S/C22H29N3O3/c1-15-4-7-17(21(10-15)28-14-16-5-6-16)12-24-22(23-2)25-13-18-11-19(27-3)8-9-20(18)26/h4,7-11,16,26H,5-6,12-14H2,1-3H3,(H2,23,24,25). The normalized spacial score (nSPS) is 13.9. The predicted molar refractivity (Wildman–Crippen MR) is 111 cm³/mol. The molecule has 0 heterocycles. The highest BCUT2D eigenvalue weighted by atomic mass is 16.5. The number of aliphatic imine (C=N–C) groups is 1. The van der Waals surface area contributed by atoms with Crippen molar-refractivity contribution < 1.29 is 14.6 Å². The number of benzene rings is 2. The highest BCUT2D eigenvalue weighted by Crippen LogP contribution is 2.30. The fraction of sp³-hybridized carbons (Fsp3) is 0.409. The van der Waals surface area contributed by atoms with Crippen LogP contribution in [0.4, 0.5) is 0 Å². The van der Waals surface area contributed by atoms with Gasteiger partial charge in [0.25, 0.3) is 0 Å². The van der Waals surface area contributed by atoms with Crippen LogP contribution in [-0.4, -0.2) is 31.8 Å². The summed E-state index contributed by atoms with van der Waals surface area (Å²) in [6, 6.07) is 11.4. The molecular formula is C22H29N3O3. The smallest absolute Gasteiger partial charge is 0.191 e. The van der Waals surface area contributed by atoms with Crippen LogP contribution in [-0.2, 0) is 13.1 Å². The number of hydrogen-bond donors (Lipinski definition) is 3. The first-order chi connectivity index (χ1) is 13.6. The van der Waals surface area contributed by atoms with Gasteiger partial charge in [0, 0.05) is 31.3 Å². The molecule has 0 aliphatic heterocycles. The molecule has 6 heteroatoms. The van der Waals surface area contributed by atoms with Crippen LogP contribution in [0.1, 0.15) is 29.5 Å². The minimum atomic E-state index is 0.220. The van der Waals surface area contributed by atoms with Gasteiger partial charge in [-0.1, -0.05) is 12.1 Å². The molecule has 0 amide bonds. The summed E-state index contributed by atoms with van der Waals surface area (Å²) in [5, 5.41) is 16.6. The molecule has 6 nitrogen and oxygen atoms in total. The van der Waals surface area contributed by atoms with Crippen LogP contribution < -0.4 is 20.1 Å². The van der Waals surface area contributed by atoms with Crippen LogP contribution in [0.5, 0.6) is 17.2 Å². The first-order valence-corrected chi connectivity index (χ1v) is 9.61. The summed E-state index contributed by atoms with van der Waals surface area (Å²) in [6.07, 6.45) is 2.54. The first-order valence-electron chi connectivity index (χ1n) is 9.61. The maximum atomic E-state index is 10.0. The molecule has 3 rings (SSSR count). The number of ether oxygens (including phenoxy) is 2. The number of rotatable bonds is 8. The molecule has 1 saturated carbocycles. The molecule has 2 aromatic carbocycles. The van der Waals surface area contributed by atoms with E-state index in [4.69, 9.17) is 9.47 Å². The average Bonchev–Trinajstić information content (AvgIpc) is 3.53. The zero-order valence-corrected chi connectivity index (χ0v) is 16.8. The lowest BCUT2D eigenvalue weighted by Crippen LogP contribution is -2.36. The zero-order chi connectivity index (χ0) is 19.9. The Morgan fingerprint density at radius 3 is 2.54 bits per heavy atom. The molecule has 0 spiro atoms. The lowest BCUT2D eigenvalue weighted by Gasteiger charge is -2.16. The highest BCUT2D eigenvalue weighted by Gasteiger charge is 2.22. The summed E-state index contributed by atoms with van der Waals surface area (Å²) in [5.74, 6) is 3.22. The monoisotopic (exact) mass is 383 g/mol. The van der Waals surface area contributed by atoms with Crippen molar-refractivity contribution in [2.45, 2.75) is 32.9 Å². The van der Waals surface area contributed by atoms with Crippen molar-refractivity contribution in [2.24, 2.45) is 10.9 Å². The molecule has 0 saturated heterocycles. The van der Waals surface area contributed by atoms with Gasteiger partial charge in [-0.05, 0) is 55.5 Å². The zero-order valence-electron chi connectivity index (χ0n) is 16.8. The van der Waals surface area contributed by atoms with Gasteiger partial charge < -0.3 is 25.2 Å². The summed E-state index contributed by atoms with van der Waals surface area (Å²) in [5.41, 5.74) is 3.02. The highest BCUT2D eigenvalue weighted by molar-refractivity contribution is 5.79. The van der Waals surface area contributed by atoms with E-state index in [-0.39, 0.29) is 5.75 Å². The van der Waals surface area contributed by atoms with E-state index in [1.807, 2.05) is 0 Å². The number of nitrogens with zero attached hydrogens (tertiary/aromatic N) is 1. The maximum absolute atomic E-state index is 10.0. The third-order valence-corrected chi connectivity index (χ3v) is 4.80. The van der Waals surface area contributed by atoms with E-state index in [0.717, 1.165) is 23.5 Å². The molecular weight excluding hydrogens is 354 g/mol. The van der Waals surface area contributed by atoms with Gasteiger partial charge in [0.05, 0.1) is 13.7 Å². The Labute approximate surface area is 166 Å².